The normalized spacial score (nSPS) is 28.8. The average Bonchev–Trinajstić information content (AvgIpc) is 3.84. The fourth-order valence-electron chi connectivity index (χ4n) is 10.8. The number of thioether (sulfide) groups is 1. The summed E-state index contributed by atoms with van der Waals surface area (Å²) in [5.74, 6) is 1.49. The Hall–Kier alpha value is -4.31. The number of hydrogen-bond donors (Lipinski definition) is 0. The Labute approximate surface area is 334 Å². The van der Waals surface area contributed by atoms with Gasteiger partial charge in [0.15, 0.2) is 0 Å². The molecular weight excluding hydrogens is 703 g/mol. The third-order valence-corrected chi connectivity index (χ3v) is 16.2. The van der Waals surface area contributed by atoms with Gasteiger partial charge in [-0.15, -0.1) is 23.1 Å². The summed E-state index contributed by atoms with van der Waals surface area (Å²) in [6.07, 6.45) is 52.9. The van der Waals surface area contributed by atoms with Crippen LogP contribution in [0, 0.1) is 11.8 Å². The van der Waals surface area contributed by atoms with E-state index in [9.17, 15) is 0 Å². The van der Waals surface area contributed by atoms with Crippen LogP contribution in [0.4, 0.5) is 0 Å². The molecule has 3 heteroatoms. The zero-order valence-corrected chi connectivity index (χ0v) is 33.2. The summed E-state index contributed by atoms with van der Waals surface area (Å²) in [4.78, 5) is 2.79. The second-order valence-electron chi connectivity index (χ2n) is 16.5. The van der Waals surface area contributed by atoms with E-state index in [-0.39, 0.29) is 6.04 Å². The van der Waals surface area contributed by atoms with E-state index in [4.69, 9.17) is 0 Å². The summed E-state index contributed by atoms with van der Waals surface area (Å²) in [6.45, 7) is 0. The van der Waals surface area contributed by atoms with Gasteiger partial charge in [0.2, 0.25) is 0 Å². The minimum absolute atomic E-state index is 0.245. The maximum atomic E-state index is 2.79. The fourth-order valence-corrected chi connectivity index (χ4v) is 13.9. The third-order valence-electron chi connectivity index (χ3n) is 13.4. The zero-order valence-electron chi connectivity index (χ0n) is 31.6. The van der Waals surface area contributed by atoms with Gasteiger partial charge in [-0.3, -0.25) is 0 Å². The molecule has 8 aliphatic rings. The van der Waals surface area contributed by atoms with Crippen molar-refractivity contribution in [2.24, 2.45) is 11.8 Å². The van der Waals surface area contributed by atoms with Gasteiger partial charge in [0.25, 0.3) is 0 Å². The van der Waals surface area contributed by atoms with Crippen LogP contribution >= 0.6 is 23.1 Å². The van der Waals surface area contributed by atoms with E-state index in [0.29, 0.717) is 28.3 Å². The summed E-state index contributed by atoms with van der Waals surface area (Å²) in [7, 11) is 0. The first kappa shape index (κ1) is 34.0. The Morgan fingerprint density at radius 2 is 1.71 bits per heavy atom. The van der Waals surface area contributed by atoms with Gasteiger partial charge >= 0.3 is 0 Å². The largest absolute Gasteiger partial charge is 0.337 e. The summed E-state index contributed by atoms with van der Waals surface area (Å²) < 4.78 is 2.99. The van der Waals surface area contributed by atoms with Crippen LogP contribution in [0.2, 0.25) is 0 Å². The van der Waals surface area contributed by atoms with E-state index in [1.165, 1.54) is 84.7 Å². The molecule has 1 aliphatic heterocycles. The standard InChI is InChI=1S/C52H49NS2/c1-2-13-35(14-3-1)43-23-10-24-44-45-25-11-26-47(52(45)55-51(43)44)53(39-18-8-17-37(33-39)41-21-9-16-34-15-4-5-19-40(34)41)38-31-29-36(30-32-38)42-22-12-28-49-50(42)46-20-6-7-27-48(46)54-49/h2,5-10,12-13,16-25,27,29,31-32,35-36,39,46,48-49H,1,3-4,11,14-15,26,28,30,33H2. The topological polar surface area (TPSA) is 3.24 Å². The highest BCUT2D eigenvalue weighted by molar-refractivity contribution is 8.01. The van der Waals surface area contributed by atoms with E-state index in [1.807, 2.05) is 0 Å². The molecule has 3 aromatic rings. The summed E-state index contributed by atoms with van der Waals surface area (Å²) in [5, 5.41) is 4.13. The molecule has 0 bridgehead atoms. The van der Waals surface area contributed by atoms with E-state index in [0.717, 1.165) is 38.5 Å². The van der Waals surface area contributed by atoms with Gasteiger partial charge in [-0.1, -0.05) is 134 Å². The molecular formula is C52H49NS2. The van der Waals surface area contributed by atoms with Gasteiger partial charge in [-0.2, -0.15) is 0 Å². The highest BCUT2D eigenvalue weighted by Gasteiger charge is 2.40. The molecule has 274 valence electrons. The number of thiophene rings is 1. The lowest BCUT2D eigenvalue weighted by atomic mass is 9.77. The molecule has 0 radical (unpaired) electrons. The van der Waals surface area contributed by atoms with Crippen LogP contribution in [0.5, 0.6) is 0 Å². The first-order valence-electron chi connectivity index (χ1n) is 20.9. The van der Waals surface area contributed by atoms with E-state index < -0.39 is 0 Å². The Morgan fingerprint density at radius 3 is 2.64 bits per heavy atom. The van der Waals surface area contributed by atoms with Crippen molar-refractivity contribution in [2.45, 2.75) is 86.7 Å². The molecule has 2 aromatic carbocycles. The monoisotopic (exact) mass is 751 g/mol. The Balaban J connectivity index is 1.01. The van der Waals surface area contributed by atoms with Gasteiger partial charge in [-0.25, -0.2) is 0 Å². The SMILES string of the molecule is C1=CC2SC3CC=CC(C4C=CC(N(C5=c6sc7c(C8C=CCCC8)cccc7c6=CCC5)C5C=CC=C(c6cccc7c6C=CCC7)C5)=CC4)=C3C2C=C1. The molecule has 0 amide bonds. The second kappa shape index (κ2) is 14.3. The number of nitrogens with zero attached hydrogens (tertiary/aromatic N) is 1. The number of hydrogen-bond acceptors (Lipinski definition) is 3. The maximum Gasteiger partial charge on any atom is 0.0563 e. The van der Waals surface area contributed by atoms with Crippen molar-refractivity contribution in [1.29, 1.82) is 0 Å². The van der Waals surface area contributed by atoms with Gasteiger partial charge in [0.05, 0.1) is 10.6 Å². The first-order valence-corrected chi connectivity index (χ1v) is 22.7. The van der Waals surface area contributed by atoms with Crippen molar-refractivity contribution in [2.75, 3.05) is 0 Å². The van der Waals surface area contributed by atoms with Crippen LogP contribution in [0.25, 0.3) is 33.5 Å². The van der Waals surface area contributed by atoms with Crippen LogP contribution in [-0.2, 0) is 6.42 Å². The van der Waals surface area contributed by atoms with Crippen molar-refractivity contribution in [3.63, 3.8) is 0 Å². The van der Waals surface area contributed by atoms with Crippen molar-refractivity contribution in [3.8, 4) is 0 Å². The summed E-state index contributed by atoms with van der Waals surface area (Å²) in [6, 6.07) is 14.3. The number of benzene rings is 2. The van der Waals surface area contributed by atoms with Gasteiger partial charge in [-0.05, 0) is 114 Å². The van der Waals surface area contributed by atoms with Crippen LogP contribution < -0.4 is 9.75 Å². The smallest absolute Gasteiger partial charge is 0.0563 e. The molecule has 7 aliphatic carbocycles. The quantitative estimate of drug-likeness (QED) is 0.231. The molecule has 0 spiro atoms. The number of aryl methyl sites for hydroxylation is 1. The average molecular weight is 752 g/mol. The highest BCUT2D eigenvalue weighted by Crippen LogP contribution is 2.52. The first-order chi connectivity index (χ1) is 27.3. The molecule has 1 nitrogen and oxygen atoms in total. The molecule has 11 rings (SSSR count). The molecule has 6 atom stereocenters. The van der Waals surface area contributed by atoms with E-state index in [2.05, 4.69) is 168 Å². The lowest BCUT2D eigenvalue weighted by Crippen LogP contribution is -2.39. The Kier molecular flexibility index (Phi) is 8.85. The molecule has 6 unspecified atom stereocenters. The van der Waals surface area contributed by atoms with Crippen LogP contribution in [0.1, 0.15) is 86.0 Å². The molecule has 2 heterocycles. The molecule has 0 saturated carbocycles. The molecule has 0 N–H and O–H groups in total. The van der Waals surface area contributed by atoms with E-state index in [1.54, 1.807) is 11.1 Å². The van der Waals surface area contributed by atoms with E-state index >= 15 is 0 Å². The van der Waals surface area contributed by atoms with Gasteiger partial charge in [0, 0.05) is 49.7 Å². The van der Waals surface area contributed by atoms with Gasteiger partial charge in [0.1, 0.15) is 0 Å². The Bertz CT molecular complexity index is 2520. The minimum Gasteiger partial charge on any atom is -0.337 e. The fraction of sp³-hybridized carbons (Fsp3) is 0.308. The lowest BCUT2D eigenvalue weighted by Gasteiger charge is -2.38. The lowest BCUT2D eigenvalue weighted by molar-refractivity contribution is 0.408. The Morgan fingerprint density at radius 1 is 0.745 bits per heavy atom. The maximum absolute atomic E-state index is 2.79. The second-order valence-corrected chi connectivity index (χ2v) is 18.9. The predicted octanol–water partition coefficient (Wildman–Crippen LogP) is 12.0. The van der Waals surface area contributed by atoms with Crippen molar-refractivity contribution in [1.82, 2.24) is 4.90 Å². The van der Waals surface area contributed by atoms with Crippen molar-refractivity contribution >= 4 is 56.6 Å². The highest BCUT2D eigenvalue weighted by atomic mass is 32.2. The van der Waals surface area contributed by atoms with Crippen molar-refractivity contribution in [3.05, 3.63) is 176 Å². The minimum atomic E-state index is 0.245. The molecule has 1 aromatic heterocycles. The molecule has 55 heavy (non-hydrogen) atoms. The number of fused-ring (bicyclic) bond motifs is 7. The summed E-state index contributed by atoms with van der Waals surface area (Å²) >= 11 is 4.25. The number of allylic oxidation sites excluding steroid dienone is 14. The van der Waals surface area contributed by atoms with Crippen LogP contribution in [0.3, 0.4) is 0 Å². The van der Waals surface area contributed by atoms with Crippen LogP contribution in [-0.4, -0.2) is 21.4 Å². The predicted molar refractivity (Wildman–Crippen MR) is 238 cm³/mol. The van der Waals surface area contributed by atoms with Crippen LogP contribution in [0.15, 0.2) is 144 Å². The molecule has 1 fully saturated rings. The van der Waals surface area contributed by atoms with Crippen molar-refractivity contribution < 1.29 is 0 Å². The number of rotatable bonds is 6. The zero-order chi connectivity index (χ0) is 36.3. The summed E-state index contributed by atoms with van der Waals surface area (Å²) in [5.41, 5.74) is 13.5. The van der Waals surface area contributed by atoms with Gasteiger partial charge < -0.3 is 4.90 Å². The molecule has 1 saturated heterocycles. The third kappa shape index (κ3) is 5.96.